The fraction of sp³-hybridized carbons (Fsp3) is 0.538. The molecule has 15 heavy (non-hydrogen) atoms. The van der Waals surface area contributed by atoms with E-state index in [1.807, 2.05) is 11.8 Å². The van der Waals surface area contributed by atoms with Crippen molar-refractivity contribution < 1.29 is 4.74 Å². The molecule has 2 heteroatoms. The second-order valence-electron chi connectivity index (χ2n) is 4.45. The minimum absolute atomic E-state index is 0.391. The molecule has 0 saturated heterocycles. The molecule has 0 radical (unpaired) electrons. The number of ether oxygens (including phenoxy) is 1. The molecule has 2 aliphatic rings. The largest absolute Gasteiger partial charge is 0.478 e. The third kappa shape index (κ3) is 1.87. The van der Waals surface area contributed by atoms with Crippen LogP contribution in [-0.2, 0) is 0 Å². The number of fused-ring (bicyclic) bond motifs is 1. The maximum absolute atomic E-state index is 6.01. The maximum Gasteiger partial charge on any atom is 0.151 e. The molecule has 3 rings (SSSR count). The van der Waals surface area contributed by atoms with E-state index in [9.17, 15) is 0 Å². The third-order valence-corrected chi connectivity index (χ3v) is 4.67. The molecule has 1 aliphatic carbocycles. The van der Waals surface area contributed by atoms with E-state index >= 15 is 0 Å². The van der Waals surface area contributed by atoms with Crippen molar-refractivity contribution in [2.75, 3.05) is 0 Å². The van der Waals surface area contributed by atoms with Crippen LogP contribution in [0.15, 0.2) is 29.2 Å². The predicted molar refractivity (Wildman–Crippen MR) is 63.3 cm³/mol. The lowest BCUT2D eigenvalue weighted by Gasteiger charge is -2.25. The van der Waals surface area contributed by atoms with Gasteiger partial charge < -0.3 is 4.74 Å². The first kappa shape index (κ1) is 9.59. The summed E-state index contributed by atoms with van der Waals surface area (Å²) in [4.78, 5) is 1.33. The molecule has 1 aliphatic heterocycles. The van der Waals surface area contributed by atoms with Gasteiger partial charge >= 0.3 is 0 Å². The molecule has 0 amide bonds. The van der Waals surface area contributed by atoms with Gasteiger partial charge in [-0.1, -0.05) is 43.2 Å². The second-order valence-corrected chi connectivity index (χ2v) is 5.59. The molecular weight excluding hydrogens is 204 g/mol. The zero-order valence-electron chi connectivity index (χ0n) is 8.82. The fourth-order valence-corrected chi connectivity index (χ4v) is 3.77. The van der Waals surface area contributed by atoms with E-state index in [4.69, 9.17) is 4.74 Å². The molecule has 1 nitrogen and oxygen atoms in total. The summed E-state index contributed by atoms with van der Waals surface area (Å²) < 4.78 is 6.01. The molecule has 0 N–H and O–H groups in total. The highest BCUT2D eigenvalue weighted by Crippen LogP contribution is 2.46. The van der Waals surface area contributed by atoms with Gasteiger partial charge in [-0.05, 0) is 25.0 Å². The van der Waals surface area contributed by atoms with Crippen LogP contribution >= 0.6 is 11.8 Å². The lowest BCUT2D eigenvalue weighted by Crippen LogP contribution is -2.22. The zero-order chi connectivity index (χ0) is 10.1. The van der Waals surface area contributed by atoms with Gasteiger partial charge in [-0.25, -0.2) is 0 Å². The van der Waals surface area contributed by atoms with Gasteiger partial charge in [0.15, 0.2) is 5.44 Å². The maximum atomic E-state index is 6.01. The lowest BCUT2D eigenvalue weighted by atomic mass is 9.90. The number of para-hydroxylation sites is 1. The molecule has 1 heterocycles. The topological polar surface area (TPSA) is 9.23 Å². The first-order valence-corrected chi connectivity index (χ1v) is 6.74. The van der Waals surface area contributed by atoms with E-state index in [0.717, 1.165) is 11.7 Å². The molecule has 1 unspecified atom stereocenters. The lowest BCUT2D eigenvalue weighted by molar-refractivity contribution is 0.185. The van der Waals surface area contributed by atoms with Crippen LogP contribution in [0, 0.1) is 5.92 Å². The van der Waals surface area contributed by atoms with Gasteiger partial charge in [-0.15, -0.1) is 0 Å². The summed E-state index contributed by atoms with van der Waals surface area (Å²) in [5.74, 6) is 1.87. The van der Waals surface area contributed by atoms with Crippen molar-refractivity contribution in [3.63, 3.8) is 0 Å². The van der Waals surface area contributed by atoms with Gasteiger partial charge in [0.25, 0.3) is 0 Å². The van der Waals surface area contributed by atoms with E-state index in [-0.39, 0.29) is 0 Å². The molecule has 0 spiro atoms. The summed E-state index contributed by atoms with van der Waals surface area (Å²) in [5.41, 5.74) is 0.391. The second kappa shape index (κ2) is 4.09. The van der Waals surface area contributed by atoms with Gasteiger partial charge in [0, 0.05) is 5.92 Å². The number of rotatable bonds is 1. The minimum Gasteiger partial charge on any atom is -0.478 e. The minimum atomic E-state index is 0.391. The van der Waals surface area contributed by atoms with Gasteiger partial charge in [0.1, 0.15) is 5.75 Å². The highest BCUT2D eigenvalue weighted by Gasteiger charge is 2.31. The molecular formula is C13H16OS. The van der Waals surface area contributed by atoms with Crippen molar-refractivity contribution in [2.24, 2.45) is 5.92 Å². The smallest absolute Gasteiger partial charge is 0.151 e. The standard InChI is InChI=1S/C13H16OS/c1-2-6-10(7-3-1)13-14-11-8-4-5-9-12(11)15-13/h4-5,8-10,13H,1-3,6-7H2. The Hall–Kier alpha value is -0.630. The summed E-state index contributed by atoms with van der Waals surface area (Å²) >= 11 is 1.92. The third-order valence-electron chi connectivity index (χ3n) is 3.37. The Morgan fingerprint density at radius 3 is 2.67 bits per heavy atom. The first-order valence-electron chi connectivity index (χ1n) is 5.86. The Morgan fingerprint density at radius 1 is 1.07 bits per heavy atom. The van der Waals surface area contributed by atoms with Crippen LogP contribution in [0.3, 0.4) is 0 Å². The highest BCUT2D eigenvalue weighted by atomic mass is 32.2. The Morgan fingerprint density at radius 2 is 1.87 bits per heavy atom. The first-order chi connectivity index (χ1) is 7.43. The number of thioether (sulfide) groups is 1. The number of hydrogen-bond acceptors (Lipinski definition) is 2. The summed E-state index contributed by atoms with van der Waals surface area (Å²) in [6.07, 6.45) is 6.90. The van der Waals surface area contributed by atoms with Crippen molar-refractivity contribution in [2.45, 2.75) is 42.4 Å². The van der Waals surface area contributed by atoms with Gasteiger partial charge in [0.2, 0.25) is 0 Å². The molecule has 1 aromatic carbocycles. The summed E-state index contributed by atoms with van der Waals surface area (Å²) in [7, 11) is 0. The molecule has 0 bridgehead atoms. The van der Waals surface area contributed by atoms with Crippen LogP contribution in [0.25, 0.3) is 0 Å². The van der Waals surface area contributed by atoms with Crippen LogP contribution in [-0.4, -0.2) is 5.44 Å². The molecule has 0 aromatic heterocycles. The van der Waals surface area contributed by atoms with Crippen molar-refractivity contribution >= 4 is 11.8 Å². The number of hydrogen-bond donors (Lipinski definition) is 0. The van der Waals surface area contributed by atoms with Crippen molar-refractivity contribution in [1.29, 1.82) is 0 Å². The van der Waals surface area contributed by atoms with Crippen LogP contribution in [0.1, 0.15) is 32.1 Å². The Balaban J connectivity index is 1.72. The average molecular weight is 220 g/mol. The summed E-state index contributed by atoms with van der Waals surface area (Å²) in [5, 5.41) is 0. The Kier molecular flexibility index (Phi) is 2.61. The molecule has 1 aromatic rings. The quantitative estimate of drug-likeness (QED) is 0.705. The van der Waals surface area contributed by atoms with Gasteiger partial charge in [0.05, 0.1) is 4.90 Å². The monoisotopic (exact) mass is 220 g/mol. The van der Waals surface area contributed by atoms with Crippen molar-refractivity contribution in [1.82, 2.24) is 0 Å². The van der Waals surface area contributed by atoms with Crippen molar-refractivity contribution in [3.05, 3.63) is 24.3 Å². The van der Waals surface area contributed by atoms with Crippen LogP contribution < -0.4 is 4.74 Å². The zero-order valence-corrected chi connectivity index (χ0v) is 9.63. The average Bonchev–Trinajstić information content (AvgIpc) is 2.74. The van der Waals surface area contributed by atoms with E-state index in [1.54, 1.807) is 0 Å². The predicted octanol–water partition coefficient (Wildman–Crippen LogP) is 4.08. The van der Waals surface area contributed by atoms with Crippen LogP contribution in [0.4, 0.5) is 0 Å². The Bertz CT molecular complexity index is 319. The Labute approximate surface area is 95.2 Å². The fourth-order valence-electron chi connectivity index (χ4n) is 2.52. The van der Waals surface area contributed by atoms with Crippen LogP contribution in [0.5, 0.6) is 5.75 Å². The van der Waals surface area contributed by atoms with E-state index in [2.05, 4.69) is 24.3 Å². The molecule has 1 saturated carbocycles. The molecule has 1 atom stereocenters. The van der Waals surface area contributed by atoms with Crippen LogP contribution in [0.2, 0.25) is 0 Å². The summed E-state index contributed by atoms with van der Waals surface area (Å²) in [6, 6.07) is 8.41. The molecule has 80 valence electrons. The van der Waals surface area contributed by atoms with Crippen molar-refractivity contribution in [3.8, 4) is 5.75 Å². The highest BCUT2D eigenvalue weighted by molar-refractivity contribution is 8.00. The van der Waals surface area contributed by atoms with E-state index < -0.39 is 0 Å². The van der Waals surface area contributed by atoms with Gasteiger partial charge in [-0.3, -0.25) is 0 Å². The SMILES string of the molecule is c1ccc2c(c1)OC(C1CCCCC1)S2. The normalized spacial score (nSPS) is 26.0. The summed E-state index contributed by atoms with van der Waals surface area (Å²) in [6.45, 7) is 0. The van der Waals surface area contributed by atoms with E-state index in [0.29, 0.717) is 5.44 Å². The molecule has 1 fully saturated rings. The van der Waals surface area contributed by atoms with E-state index in [1.165, 1.54) is 37.0 Å². The van der Waals surface area contributed by atoms with Gasteiger partial charge in [-0.2, -0.15) is 0 Å². The number of benzene rings is 1.